The summed E-state index contributed by atoms with van der Waals surface area (Å²) in [6, 6.07) is 3.94. The SMILES string of the molecule is CCS(=O)(=O)N1CCCC(Cn2c(C3CC3)nc3cccnc32)C1. The predicted molar refractivity (Wildman–Crippen MR) is 93.3 cm³/mol. The number of hydrogen-bond acceptors (Lipinski definition) is 4. The fourth-order valence-corrected chi connectivity index (χ4v) is 4.89. The molecule has 0 radical (unpaired) electrons. The lowest BCUT2D eigenvalue weighted by atomic mass is 9.99. The third-order valence-electron chi connectivity index (χ3n) is 5.16. The summed E-state index contributed by atoms with van der Waals surface area (Å²) in [5.41, 5.74) is 1.89. The maximum Gasteiger partial charge on any atom is 0.213 e. The average Bonchev–Trinajstić information content (AvgIpc) is 3.38. The van der Waals surface area contributed by atoms with Gasteiger partial charge < -0.3 is 4.57 Å². The summed E-state index contributed by atoms with van der Waals surface area (Å²) in [5.74, 6) is 2.21. The first kappa shape index (κ1) is 16.0. The molecular formula is C17H24N4O2S. The summed E-state index contributed by atoms with van der Waals surface area (Å²) < 4.78 is 28.3. The molecule has 0 aromatic carbocycles. The lowest BCUT2D eigenvalue weighted by molar-refractivity contribution is 0.245. The first-order valence-electron chi connectivity index (χ1n) is 8.87. The van der Waals surface area contributed by atoms with Crippen LogP contribution in [0, 0.1) is 5.92 Å². The Morgan fingerprint density at radius 1 is 1.29 bits per heavy atom. The second-order valence-electron chi connectivity index (χ2n) is 6.97. The normalized spacial score (nSPS) is 23.0. The summed E-state index contributed by atoms with van der Waals surface area (Å²) in [6.07, 6.45) is 6.20. The van der Waals surface area contributed by atoms with E-state index in [-0.39, 0.29) is 5.75 Å². The van der Waals surface area contributed by atoms with Gasteiger partial charge in [-0.2, -0.15) is 0 Å². The number of aromatic nitrogens is 3. The number of imidazole rings is 1. The zero-order chi connectivity index (χ0) is 16.7. The number of fused-ring (bicyclic) bond motifs is 1. The fraction of sp³-hybridized carbons (Fsp3) is 0.647. The Morgan fingerprint density at radius 3 is 2.88 bits per heavy atom. The van der Waals surface area contributed by atoms with Crippen LogP contribution in [0.3, 0.4) is 0 Å². The minimum atomic E-state index is -3.10. The van der Waals surface area contributed by atoms with Gasteiger partial charge in [-0.05, 0) is 50.7 Å². The van der Waals surface area contributed by atoms with Gasteiger partial charge in [0, 0.05) is 31.7 Å². The van der Waals surface area contributed by atoms with E-state index < -0.39 is 10.0 Å². The van der Waals surface area contributed by atoms with Gasteiger partial charge in [0.15, 0.2) is 5.65 Å². The molecule has 7 heteroatoms. The lowest BCUT2D eigenvalue weighted by Crippen LogP contribution is -2.41. The molecule has 1 aliphatic heterocycles. The van der Waals surface area contributed by atoms with Gasteiger partial charge in [0.2, 0.25) is 10.0 Å². The zero-order valence-corrected chi connectivity index (χ0v) is 14.9. The van der Waals surface area contributed by atoms with Crippen LogP contribution in [0.4, 0.5) is 0 Å². The largest absolute Gasteiger partial charge is 0.312 e. The van der Waals surface area contributed by atoms with Crippen LogP contribution >= 0.6 is 0 Å². The van der Waals surface area contributed by atoms with E-state index in [9.17, 15) is 8.42 Å². The Labute approximate surface area is 142 Å². The third kappa shape index (κ3) is 2.95. The van der Waals surface area contributed by atoms with E-state index in [4.69, 9.17) is 4.98 Å². The van der Waals surface area contributed by atoms with Crippen LogP contribution in [0.1, 0.15) is 44.3 Å². The first-order chi connectivity index (χ1) is 11.6. The molecule has 0 bridgehead atoms. The molecule has 0 spiro atoms. The molecule has 4 rings (SSSR count). The van der Waals surface area contributed by atoms with Gasteiger partial charge in [-0.3, -0.25) is 0 Å². The van der Waals surface area contributed by atoms with Crippen LogP contribution in [0.15, 0.2) is 18.3 Å². The molecule has 0 N–H and O–H groups in total. The molecule has 2 aromatic rings. The fourth-order valence-electron chi connectivity index (χ4n) is 3.68. The summed E-state index contributed by atoms with van der Waals surface area (Å²) in [7, 11) is -3.10. The van der Waals surface area contributed by atoms with E-state index in [1.807, 2.05) is 18.3 Å². The Bertz CT molecular complexity index is 841. The van der Waals surface area contributed by atoms with E-state index in [1.54, 1.807) is 11.2 Å². The van der Waals surface area contributed by atoms with Gasteiger partial charge in [-0.1, -0.05) is 0 Å². The molecule has 1 saturated heterocycles. The van der Waals surface area contributed by atoms with Gasteiger partial charge in [-0.25, -0.2) is 22.7 Å². The van der Waals surface area contributed by atoms with Crippen LogP contribution in [-0.2, 0) is 16.6 Å². The minimum Gasteiger partial charge on any atom is -0.312 e. The van der Waals surface area contributed by atoms with Gasteiger partial charge in [0.05, 0.1) is 5.75 Å². The minimum absolute atomic E-state index is 0.183. The Morgan fingerprint density at radius 2 is 2.12 bits per heavy atom. The highest BCUT2D eigenvalue weighted by Gasteiger charge is 2.32. The number of pyridine rings is 1. The second kappa shape index (κ2) is 6.11. The molecule has 2 aliphatic rings. The average molecular weight is 348 g/mol. The monoisotopic (exact) mass is 348 g/mol. The number of hydrogen-bond donors (Lipinski definition) is 0. The Hall–Kier alpha value is -1.47. The van der Waals surface area contributed by atoms with Crippen LogP contribution in [0.2, 0.25) is 0 Å². The van der Waals surface area contributed by atoms with Gasteiger partial charge in [-0.15, -0.1) is 0 Å². The molecule has 2 fully saturated rings. The van der Waals surface area contributed by atoms with Crippen molar-refractivity contribution in [3.63, 3.8) is 0 Å². The third-order valence-corrected chi connectivity index (χ3v) is 7.00. The second-order valence-corrected chi connectivity index (χ2v) is 9.23. The standard InChI is InChI=1S/C17H24N4O2S/c1-2-24(22,23)20-10-4-5-13(11-20)12-21-16(14-7-8-14)19-15-6-3-9-18-17(15)21/h3,6,9,13-14H,2,4-5,7-8,10-12H2,1H3. The van der Waals surface area contributed by atoms with Crippen LogP contribution in [-0.4, -0.2) is 46.1 Å². The highest BCUT2D eigenvalue weighted by Crippen LogP contribution is 2.41. The molecule has 6 nitrogen and oxygen atoms in total. The van der Waals surface area contributed by atoms with Crippen molar-refractivity contribution in [3.05, 3.63) is 24.2 Å². The van der Waals surface area contributed by atoms with E-state index in [1.165, 1.54) is 12.8 Å². The van der Waals surface area contributed by atoms with Gasteiger partial charge in [0.25, 0.3) is 0 Å². The van der Waals surface area contributed by atoms with E-state index in [2.05, 4.69) is 9.55 Å². The topological polar surface area (TPSA) is 68.1 Å². The van der Waals surface area contributed by atoms with Crippen LogP contribution in [0.5, 0.6) is 0 Å². The molecule has 1 aliphatic carbocycles. The van der Waals surface area contributed by atoms with Crippen molar-refractivity contribution < 1.29 is 8.42 Å². The smallest absolute Gasteiger partial charge is 0.213 e. The highest BCUT2D eigenvalue weighted by molar-refractivity contribution is 7.89. The van der Waals surface area contributed by atoms with E-state index >= 15 is 0 Å². The van der Waals surface area contributed by atoms with Gasteiger partial charge in [0.1, 0.15) is 11.3 Å². The van der Waals surface area contributed by atoms with Crippen molar-refractivity contribution in [1.82, 2.24) is 18.8 Å². The number of rotatable bonds is 5. The molecule has 1 unspecified atom stereocenters. The molecule has 1 saturated carbocycles. The molecule has 130 valence electrons. The summed E-state index contributed by atoms with van der Waals surface area (Å²) in [5, 5.41) is 0. The number of nitrogens with zero attached hydrogens (tertiary/aromatic N) is 4. The van der Waals surface area contributed by atoms with Crippen molar-refractivity contribution in [1.29, 1.82) is 0 Å². The van der Waals surface area contributed by atoms with Crippen LogP contribution in [0.25, 0.3) is 11.2 Å². The van der Waals surface area contributed by atoms with E-state index in [0.717, 1.165) is 36.4 Å². The van der Waals surface area contributed by atoms with Crippen molar-refractivity contribution in [2.24, 2.45) is 5.92 Å². The molecule has 2 aromatic heterocycles. The lowest BCUT2D eigenvalue weighted by Gasteiger charge is -2.32. The Balaban J connectivity index is 1.61. The molecule has 24 heavy (non-hydrogen) atoms. The quantitative estimate of drug-likeness (QED) is 0.832. The highest BCUT2D eigenvalue weighted by atomic mass is 32.2. The van der Waals surface area contributed by atoms with Crippen molar-refractivity contribution in [2.75, 3.05) is 18.8 Å². The number of sulfonamides is 1. The molecular weight excluding hydrogens is 324 g/mol. The number of piperidine rings is 1. The maximum atomic E-state index is 12.2. The molecule has 1 atom stereocenters. The molecule has 0 amide bonds. The predicted octanol–water partition coefficient (Wildman–Crippen LogP) is 2.37. The summed E-state index contributed by atoms with van der Waals surface area (Å²) in [4.78, 5) is 9.32. The van der Waals surface area contributed by atoms with Crippen molar-refractivity contribution >= 4 is 21.2 Å². The first-order valence-corrected chi connectivity index (χ1v) is 10.5. The van der Waals surface area contributed by atoms with Crippen LogP contribution < -0.4 is 0 Å². The van der Waals surface area contributed by atoms with Crippen molar-refractivity contribution in [2.45, 2.75) is 45.1 Å². The summed E-state index contributed by atoms with van der Waals surface area (Å²) in [6.45, 7) is 3.81. The van der Waals surface area contributed by atoms with Gasteiger partial charge >= 0.3 is 0 Å². The molecule has 3 heterocycles. The Kier molecular flexibility index (Phi) is 4.08. The maximum absolute atomic E-state index is 12.2. The zero-order valence-electron chi connectivity index (χ0n) is 14.1. The summed E-state index contributed by atoms with van der Waals surface area (Å²) >= 11 is 0. The van der Waals surface area contributed by atoms with E-state index in [0.29, 0.717) is 24.9 Å². The van der Waals surface area contributed by atoms with Crippen molar-refractivity contribution in [3.8, 4) is 0 Å².